The lowest BCUT2D eigenvalue weighted by atomic mass is 10.0. The average molecular weight is 383 g/mol. The van der Waals surface area contributed by atoms with E-state index in [1.807, 2.05) is 24.6 Å². The molecule has 9 heteroatoms. The van der Waals surface area contributed by atoms with Crippen LogP contribution in [-0.2, 0) is 12.7 Å². The second-order valence-corrected chi connectivity index (χ2v) is 7.45. The molecule has 0 radical (unpaired) electrons. The predicted octanol–water partition coefficient (Wildman–Crippen LogP) is 4.90. The molecule has 3 aromatic rings. The number of carbonyl (C=O) groups is 1. The van der Waals surface area contributed by atoms with Crippen molar-refractivity contribution in [2.45, 2.75) is 33.0 Å². The first-order chi connectivity index (χ1) is 12.2. The van der Waals surface area contributed by atoms with E-state index in [1.165, 1.54) is 11.3 Å². The van der Waals surface area contributed by atoms with Crippen LogP contribution in [0, 0.1) is 5.92 Å². The number of hydrogen-bond acceptors (Lipinski definition) is 5. The number of alkyl halides is 3. The van der Waals surface area contributed by atoms with E-state index in [1.54, 1.807) is 24.4 Å². The molecular formula is C17H16F3N3O2S. The smallest absolute Gasteiger partial charge is 0.348 e. The molecule has 5 nitrogen and oxygen atoms in total. The Bertz CT molecular complexity index is 908. The number of aromatic nitrogens is 3. The van der Waals surface area contributed by atoms with Gasteiger partial charge in [-0.05, 0) is 24.1 Å². The van der Waals surface area contributed by atoms with Gasteiger partial charge >= 0.3 is 12.1 Å². The molecule has 3 rings (SSSR count). The Morgan fingerprint density at radius 1 is 1.31 bits per heavy atom. The first-order valence-electron chi connectivity index (χ1n) is 7.91. The third-order valence-electron chi connectivity index (χ3n) is 3.56. The van der Waals surface area contributed by atoms with E-state index in [0.717, 1.165) is 4.88 Å². The summed E-state index contributed by atoms with van der Waals surface area (Å²) in [7, 11) is 0. The number of nitrogens with zero attached hydrogens (tertiary/aromatic N) is 3. The van der Waals surface area contributed by atoms with E-state index in [2.05, 4.69) is 14.7 Å². The molecule has 0 N–H and O–H groups in total. The van der Waals surface area contributed by atoms with Gasteiger partial charge in [0.1, 0.15) is 0 Å². The molecule has 3 heterocycles. The first kappa shape index (κ1) is 18.4. The molecule has 0 spiro atoms. The van der Waals surface area contributed by atoms with Gasteiger partial charge in [-0.2, -0.15) is 18.2 Å². The molecule has 0 unspecified atom stereocenters. The summed E-state index contributed by atoms with van der Waals surface area (Å²) in [4.78, 5) is 16.8. The minimum absolute atomic E-state index is 0.0890. The van der Waals surface area contributed by atoms with E-state index in [4.69, 9.17) is 0 Å². The van der Waals surface area contributed by atoms with Crippen LogP contribution in [0.5, 0.6) is 0 Å². The van der Waals surface area contributed by atoms with Gasteiger partial charge in [0.25, 0.3) is 0 Å². The third kappa shape index (κ3) is 4.21. The molecule has 0 fully saturated rings. The van der Waals surface area contributed by atoms with Gasteiger partial charge in [0.2, 0.25) is 5.82 Å². The second kappa shape index (κ2) is 7.06. The fraction of sp³-hybridized carbons (Fsp3) is 0.353. The van der Waals surface area contributed by atoms with Crippen LogP contribution in [0.15, 0.2) is 35.1 Å². The molecule has 0 atom stereocenters. The van der Waals surface area contributed by atoms with Crippen molar-refractivity contribution in [1.29, 1.82) is 0 Å². The van der Waals surface area contributed by atoms with Gasteiger partial charge in [0.15, 0.2) is 5.78 Å². The monoisotopic (exact) mass is 383 g/mol. The molecule has 0 amide bonds. The van der Waals surface area contributed by atoms with Crippen LogP contribution in [0.2, 0.25) is 0 Å². The predicted molar refractivity (Wildman–Crippen MR) is 89.9 cm³/mol. The first-order valence-corrected chi connectivity index (χ1v) is 8.73. The van der Waals surface area contributed by atoms with Crippen LogP contribution in [-0.4, -0.2) is 20.5 Å². The molecule has 0 bridgehead atoms. The molecule has 0 aliphatic heterocycles. The van der Waals surface area contributed by atoms with E-state index in [9.17, 15) is 18.0 Å². The summed E-state index contributed by atoms with van der Waals surface area (Å²) in [5.41, 5.74) is 0.656. The van der Waals surface area contributed by atoms with Crippen LogP contribution in [0.4, 0.5) is 13.2 Å². The molecule has 0 aliphatic carbocycles. The van der Waals surface area contributed by atoms with Crippen molar-refractivity contribution in [2.75, 3.05) is 0 Å². The zero-order valence-electron chi connectivity index (χ0n) is 14.1. The lowest BCUT2D eigenvalue weighted by Crippen LogP contribution is -2.04. The van der Waals surface area contributed by atoms with Gasteiger partial charge in [-0.15, -0.1) is 11.3 Å². The van der Waals surface area contributed by atoms with Crippen molar-refractivity contribution in [3.8, 4) is 10.7 Å². The fourth-order valence-corrected chi connectivity index (χ4v) is 3.34. The Labute approximate surface area is 151 Å². The Morgan fingerprint density at radius 2 is 2.08 bits per heavy atom. The summed E-state index contributed by atoms with van der Waals surface area (Å²) < 4.78 is 43.7. The maximum absolute atomic E-state index is 12.5. The molecule has 3 aromatic heterocycles. The molecular weight excluding hydrogens is 367 g/mol. The molecule has 0 aliphatic rings. The fourth-order valence-electron chi connectivity index (χ4n) is 2.39. The standard InChI is InChI=1S/C17H16F3N3O2S/c1-10(2)7-13(24)11-5-6-23(8-11)9-12-3-4-14(26-12)15-21-16(25-22-15)17(18,19)20/h3-6,8,10H,7,9H2,1-2H3. The summed E-state index contributed by atoms with van der Waals surface area (Å²) in [5, 5.41) is 3.38. The van der Waals surface area contributed by atoms with Gasteiger partial charge in [-0.25, -0.2) is 0 Å². The summed E-state index contributed by atoms with van der Waals surface area (Å²) in [6.45, 7) is 4.48. The Morgan fingerprint density at radius 3 is 2.73 bits per heavy atom. The van der Waals surface area contributed by atoms with Crippen molar-refractivity contribution >= 4 is 17.1 Å². The van der Waals surface area contributed by atoms with Crippen molar-refractivity contribution in [3.63, 3.8) is 0 Å². The van der Waals surface area contributed by atoms with Crippen molar-refractivity contribution in [3.05, 3.63) is 46.9 Å². The Balaban J connectivity index is 1.70. The molecule has 138 valence electrons. The van der Waals surface area contributed by atoms with Crippen LogP contribution in [0.3, 0.4) is 0 Å². The number of thiophene rings is 1. The summed E-state index contributed by atoms with van der Waals surface area (Å²) in [6.07, 6.45) is -0.578. The highest BCUT2D eigenvalue weighted by atomic mass is 32.1. The largest absolute Gasteiger partial charge is 0.471 e. The molecule has 26 heavy (non-hydrogen) atoms. The minimum Gasteiger partial charge on any atom is -0.348 e. The maximum Gasteiger partial charge on any atom is 0.471 e. The normalized spacial score (nSPS) is 12.1. The van der Waals surface area contributed by atoms with Crippen molar-refractivity contribution in [1.82, 2.24) is 14.7 Å². The Hall–Kier alpha value is -2.42. The van der Waals surface area contributed by atoms with Crippen molar-refractivity contribution < 1.29 is 22.5 Å². The number of carbonyl (C=O) groups excluding carboxylic acids is 1. The van der Waals surface area contributed by atoms with Crippen molar-refractivity contribution in [2.24, 2.45) is 5.92 Å². The summed E-state index contributed by atoms with van der Waals surface area (Å²) in [6, 6.07) is 5.21. The highest BCUT2D eigenvalue weighted by Gasteiger charge is 2.38. The average Bonchev–Trinajstić information content (AvgIpc) is 3.26. The number of halogens is 3. The summed E-state index contributed by atoms with van der Waals surface area (Å²) in [5.74, 6) is -1.06. The van der Waals surface area contributed by atoms with Crippen LogP contribution < -0.4 is 0 Å². The van der Waals surface area contributed by atoms with Gasteiger partial charge in [-0.1, -0.05) is 19.0 Å². The number of hydrogen-bond donors (Lipinski definition) is 0. The summed E-state index contributed by atoms with van der Waals surface area (Å²) >= 11 is 1.27. The minimum atomic E-state index is -4.66. The molecule has 0 saturated heterocycles. The van der Waals surface area contributed by atoms with E-state index < -0.39 is 12.1 Å². The SMILES string of the molecule is CC(C)CC(=O)c1ccn(Cc2ccc(-c3noc(C(F)(F)F)n3)s2)c1. The number of Topliss-reactive ketones (excluding diaryl/α,β-unsaturated/α-hetero) is 1. The van der Waals surface area contributed by atoms with Gasteiger partial charge in [0.05, 0.1) is 11.4 Å². The number of rotatable bonds is 6. The zero-order chi connectivity index (χ0) is 18.9. The quantitative estimate of drug-likeness (QED) is 0.568. The van der Waals surface area contributed by atoms with E-state index in [0.29, 0.717) is 29.3 Å². The zero-order valence-corrected chi connectivity index (χ0v) is 14.9. The molecule has 0 aromatic carbocycles. The van der Waals surface area contributed by atoms with Gasteiger partial charge < -0.3 is 9.09 Å². The lowest BCUT2D eigenvalue weighted by Gasteiger charge is -2.02. The van der Waals surface area contributed by atoms with E-state index in [-0.39, 0.29) is 11.6 Å². The lowest BCUT2D eigenvalue weighted by molar-refractivity contribution is -0.159. The maximum atomic E-state index is 12.5. The molecule has 0 saturated carbocycles. The Kier molecular flexibility index (Phi) is 4.99. The highest BCUT2D eigenvalue weighted by Crippen LogP contribution is 2.32. The van der Waals surface area contributed by atoms with Gasteiger partial charge in [0, 0.05) is 29.3 Å². The van der Waals surface area contributed by atoms with Gasteiger partial charge in [-0.3, -0.25) is 4.79 Å². The number of ketones is 1. The topological polar surface area (TPSA) is 60.9 Å². The highest BCUT2D eigenvalue weighted by molar-refractivity contribution is 7.15. The van der Waals surface area contributed by atoms with Crippen LogP contribution >= 0.6 is 11.3 Å². The second-order valence-electron chi connectivity index (χ2n) is 6.28. The van der Waals surface area contributed by atoms with Crippen LogP contribution in [0.25, 0.3) is 10.7 Å². The van der Waals surface area contributed by atoms with E-state index >= 15 is 0 Å². The third-order valence-corrected chi connectivity index (χ3v) is 4.62. The van der Waals surface area contributed by atoms with Crippen LogP contribution in [0.1, 0.15) is 41.4 Å².